The van der Waals surface area contributed by atoms with Crippen molar-refractivity contribution >= 4 is 5.71 Å². The highest BCUT2D eigenvalue weighted by atomic mass is 16.7. The third-order valence-electron chi connectivity index (χ3n) is 5.88. The average molecular weight is 365 g/mol. The second-order valence-electron chi connectivity index (χ2n) is 7.30. The van der Waals surface area contributed by atoms with E-state index in [1.807, 2.05) is 12.1 Å². The molecule has 1 aliphatic carbocycles. The van der Waals surface area contributed by atoms with Crippen molar-refractivity contribution in [3.8, 4) is 23.0 Å². The first-order valence-corrected chi connectivity index (χ1v) is 9.52. The number of benzene rings is 2. The molecule has 140 valence electrons. The summed E-state index contributed by atoms with van der Waals surface area (Å²) in [5.41, 5.74) is 4.51. The Morgan fingerprint density at radius 2 is 1.70 bits per heavy atom. The fourth-order valence-corrected chi connectivity index (χ4v) is 4.54. The van der Waals surface area contributed by atoms with Gasteiger partial charge in [-0.3, -0.25) is 4.99 Å². The third kappa shape index (κ3) is 2.64. The molecule has 5 nitrogen and oxygen atoms in total. The molecule has 2 aliphatic heterocycles. The van der Waals surface area contributed by atoms with Crippen LogP contribution in [0.3, 0.4) is 0 Å². The molecule has 1 fully saturated rings. The fourth-order valence-electron chi connectivity index (χ4n) is 4.54. The second-order valence-corrected chi connectivity index (χ2v) is 7.30. The minimum absolute atomic E-state index is 0.275. The Labute approximate surface area is 158 Å². The van der Waals surface area contributed by atoms with E-state index >= 15 is 0 Å². The van der Waals surface area contributed by atoms with E-state index in [0.717, 1.165) is 46.3 Å². The molecule has 0 unspecified atom stereocenters. The number of ether oxygens (including phenoxy) is 4. The van der Waals surface area contributed by atoms with E-state index < -0.39 is 0 Å². The van der Waals surface area contributed by atoms with Crippen molar-refractivity contribution in [3.05, 3.63) is 47.0 Å². The lowest BCUT2D eigenvalue weighted by molar-refractivity contribution is 0.174. The van der Waals surface area contributed by atoms with Crippen LogP contribution in [0.5, 0.6) is 23.0 Å². The van der Waals surface area contributed by atoms with Crippen LogP contribution in [0.1, 0.15) is 48.3 Å². The van der Waals surface area contributed by atoms with Crippen LogP contribution in [0.2, 0.25) is 0 Å². The standard InChI is InChI=1S/C22H23NO4/c1-24-19-10-15-14-5-3-4-6-17(14)23-22(16(15)11-20(19)25-2)13-7-8-18-21(9-13)27-12-26-18/h7-11,14,17H,3-6,12H2,1-2H3/t14-,17-/m0/s1. The Balaban J connectivity index is 1.68. The predicted molar refractivity (Wildman–Crippen MR) is 103 cm³/mol. The molecule has 0 saturated heterocycles. The molecule has 2 atom stereocenters. The summed E-state index contributed by atoms with van der Waals surface area (Å²) in [7, 11) is 3.37. The average Bonchev–Trinajstić information content (AvgIpc) is 3.20. The topological polar surface area (TPSA) is 49.3 Å². The highest BCUT2D eigenvalue weighted by Crippen LogP contribution is 2.45. The van der Waals surface area contributed by atoms with Gasteiger partial charge in [-0.2, -0.15) is 0 Å². The monoisotopic (exact) mass is 365 g/mol. The van der Waals surface area contributed by atoms with E-state index in [-0.39, 0.29) is 6.79 Å². The zero-order valence-corrected chi connectivity index (χ0v) is 15.7. The summed E-state index contributed by atoms with van der Waals surface area (Å²) >= 11 is 0. The molecule has 5 rings (SSSR count). The van der Waals surface area contributed by atoms with Gasteiger partial charge in [-0.1, -0.05) is 12.8 Å². The molecule has 27 heavy (non-hydrogen) atoms. The molecular formula is C22H23NO4. The van der Waals surface area contributed by atoms with Gasteiger partial charge < -0.3 is 18.9 Å². The molecule has 5 heteroatoms. The van der Waals surface area contributed by atoms with Crippen LogP contribution in [0.25, 0.3) is 0 Å². The van der Waals surface area contributed by atoms with Crippen molar-refractivity contribution in [2.75, 3.05) is 21.0 Å². The van der Waals surface area contributed by atoms with Crippen LogP contribution in [0, 0.1) is 0 Å². The quantitative estimate of drug-likeness (QED) is 0.813. The Morgan fingerprint density at radius 3 is 2.56 bits per heavy atom. The Morgan fingerprint density at radius 1 is 0.926 bits per heavy atom. The number of aliphatic imine (C=N–C) groups is 1. The maximum Gasteiger partial charge on any atom is 0.231 e. The van der Waals surface area contributed by atoms with Gasteiger partial charge >= 0.3 is 0 Å². The van der Waals surface area contributed by atoms with Gasteiger partial charge in [0.25, 0.3) is 0 Å². The molecule has 0 aromatic heterocycles. The smallest absolute Gasteiger partial charge is 0.231 e. The first kappa shape index (κ1) is 16.5. The Kier molecular flexibility index (Phi) is 3.96. The van der Waals surface area contributed by atoms with Gasteiger partial charge in [-0.25, -0.2) is 0 Å². The van der Waals surface area contributed by atoms with Crippen LogP contribution in [0.4, 0.5) is 0 Å². The highest BCUT2D eigenvalue weighted by molar-refractivity contribution is 6.15. The number of nitrogens with zero attached hydrogens (tertiary/aromatic N) is 1. The lowest BCUT2D eigenvalue weighted by Crippen LogP contribution is -2.29. The minimum atomic E-state index is 0.275. The van der Waals surface area contributed by atoms with Gasteiger partial charge in [0, 0.05) is 17.0 Å². The van der Waals surface area contributed by atoms with Gasteiger partial charge in [0.1, 0.15) is 0 Å². The molecule has 0 spiro atoms. The summed E-state index contributed by atoms with van der Waals surface area (Å²) in [6, 6.07) is 10.6. The predicted octanol–water partition coefficient (Wildman–Crippen LogP) is 4.31. The summed E-state index contributed by atoms with van der Waals surface area (Å²) in [5, 5.41) is 0. The molecule has 2 heterocycles. The molecule has 0 N–H and O–H groups in total. The van der Waals surface area contributed by atoms with Gasteiger partial charge in [0.15, 0.2) is 23.0 Å². The van der Waals surface area contributed by atoms with Crippen LogP contribution in [-0.4, -0.2) is 32.8 Å². The molecule has 0 amide bonds. The number of rotatable bonds is 3. The molecule has 1 saturated carbocycles. The van der Waals surface area contributed by atoms with Crippen molar-refractivity contribution < 1.29 is 18.9 Å². The largest absolute Gasteiger partial charge is 0.493 e. The first-order chi connectivity index (χ1) is 13.3. The Bertz CT molecular complexity index is 921. The maximum atomic E-state index is 5.58. The summed E-state index contributed by atoms with van der Waals surface area (Å²) < 4.78 is 22.2. The minimum Gasteiger partial charge on any atom is -0.493 e. The summed E-state index contributed by atoms with van der Waals surface area (Å²) in [6.07, 6.45) is 4.79. The normalized spacial score (nSPS) is 22.5. The van der Waals surface area contributed by atoms with E-state index in [1.54, 1.807) is 14.2 Å². The van der Waals surface area contributed by atoms with Crippen LogP contribution in [-0.2, 0) is 0 Å². The lowest BCUT2D eigenvalue weighted by atomic mass is 9.75. The van der Waals surface area contributed by atoms with Crippen molar-refractivity contribution in [1.29, 1.82) is 0 Å². The van der Waals surface area contributed by atoms with E-state index in [4.69, 9.17) is 23.9 Å². The third-order valence-corrected chi connectivity index (χ3v) is 5.88. The number of hydrogen-bond acceptors (Lipinski definition) is 5. The maximum absolute atomic E-state index is 5.58. The van der Waals surface area contributed by atoms with Gasteiger partial charge in [-0.15, -0.1) is 0 Å². The summed E-state index contributed by atoms with van der Waals surface area (Å²) in [6.45, 7) is 0.275. The van der Waals surface area contributed by atoms with Crippen LogP contribution < -0.4 is 18.9 Å². The van der Waals surface area contributed by atoms with Crippen molar-refractivity contribution in [2.24, 2.45) is 4.99 Å². The van der Waals surface area contributed by atoms with Crippen molar-refractivity contribution in [2.45, 2.75) is 37.6 Å². The van der Waals surface area contributed by atoms with Crippen molar-refractivity contribution in [1.82, 2.24) is 0 Å². The van der Waals surface area contributed by atoms with E-state index in [9.17, 15) is 0 Å². The summed E-state index contributed by atoms with van der Waals surface area (Å²) in [4.78, 5) is 5.20. The van der Waals surface area contributed by atoms with Gasteiger partial charge in [-0.05, 0) is 48.7 Å². The number of methoxy groups -OCH3 is 2. The van der Waals surface area contributed by atoms with Gasteiger partial charge in [0.2, 0.25) is 6.79 Å². The zero-order valence-electron chi connectivity index (χ0n) is 15.7. The van der Waals surface area contributed by atoms with Gasteiger partial charge in [0.05, 0.1) is 26.0 Å². The van der Waals surface area contributed by atoms with E-state index in [2.05, 4.69) is 18.2 Å². The Hall–Kier alpha value is -2.69. The van der Waals surface area contributed by atoms with E-state index in [0.29, 0.717) is 12.0 Å². The molecule has 3 aliphatic rings. The lowest BCUT2D eigenvalue weighted by Gasteiger charge is -2.35. The molecular weight excluding hydrogens is 342 g/mol. The number of hydrogen-bond donors (Lipinski definition) is 0. The molecule has 2 aromatic carbocycles. The highest BCUT2D eigenvalue weighted by Gasteiger charge is 2.35. The first-order valence-electron chi connectivity index (χ1n) is 9.52. The molecule has 0 bridgehead atoms. The summed E-state index contributed by atoms with van der Waals surface area (Å²) in [5.74, 6) is 3.54. The fraction of sp³-hybridized carbons (Fsp3) is 0.409. The van der Waals surface area contributed by atoms with E-state index in [1.165, 1.54) is 24.8 Å². The zero-order chi connectivity index (χ0) is 18.4. The second kappa shape index (κ2) is 6.48. The molecule has 2 aromatic rings. The number of fused-ring (bicyclic) bond motifs is 4. The van der Waals surface area contributed by atoms with Crippen LogP contribution >= 0.6 is 0 Å². The SMILES string of the molecule is COc1cc2c(cc1OC)[C@@H]1CCCC[C@@H]1N=C2c1ccc2c(c1)OCO2. The van der Waals surface area contributed by atoms with Crippen molar-refractivity contribution in [3.63, 3.8) is 0 Å². The molecule has 0 radical (unpaired) electrons. The van der Waals surface area contributed by atoms with Crippen LogP contribution in [0.15, 0.2) is 35.3 Å².